The Morgan fingerprint density at radius 2 is 2.18 bits per heavy atom. The highest BCUT2D eigenvalue weighted by atomic mass is 35.5. The van der Waals surface area contributed by atoms with Gasteiger partial charge in [-0.3, -0.25) is 9.80 Å². The normalized spacial score (nSPS) is 11.2. The van der Waals surface area contributed by atoms with Crippen LogP contribution in [0.4, 0.5) is 5.69 Å². The quantitative estimate of drug-likeness (QED) is 0.237. The van der Waals surface area contributed by atoms with Crippen LogP contribution >= 0.6 is 11.6 Å². The number of amides is 1. The van der Waals surface area contributed by atoms with Crippen molar-refractivity contribution >= 4 is 35.6 Å². The van der Waals surface area contributed by atoms with Gasteiger partial charge in [-0.1, -0.05) is 11.6 Å². The first-order chi connectivity index (χ1) is 8.04. The van der Waals surface area contributed by atoms with Gasteiger partial charge < -0.3 is 11.6 Å². The average molecular weight is 254 g/mol. The third-order valence-electron chi connectivity index (χ3n) is 1.89. The molecule has 0 radical (unpaired) electrons. The van der Waals surface area contributed by atoms with E-state index in [0.717, 1.165) is 0 Å². The summed E-state index contributed by atoms with van der Waals surface area (Å²) in [6.45, 7) is 0. The summed E-state index contributed by atoms with van der Waals surface area (Å²) in [5, 5.41) is 5.01. The van der Waals surface area contributed by atoms with Crippen LogP contribution in [-0.4, -0.2) is 12.2 Å². The summed E-state index contributed by atoms with van der Waals surface area (Å²) >= 11 is 5.85. The van der Waals surface area contributed by atoms with Crippen LogP contribution in [0.5, 0.6) is 0 Å². The van der Waals surface area contributed by atoms with Crippen LogP contribution in [0.15, 0.2) is 29.4 Å². The molecule has 6 nitrogen and oxygen atoms in total. The lowest BCUT2D eigenvalue weighted by atomic mass is 10.1. The predicted octanol–water partition coefficient (Wildman–Crippen LogP) is 0.421. The van der Waals surface area contributed by atoms with E-state index in [9.17, 15) is 4.79 Å². The molecule has 90 valence electrons. The van der Waals surface area contributed by atoms with Crippen LogP contribution in [-0.2, 0) is 4.79 Å². The Morgan fingerprint density at radius 3 is 2.76 bits per heavy atom. The summed E-state index contributed by atoms with van der Waals surface area (Å²) in [7, 11) is 0. The molecule has 0 aliphatic rings. The first kappa shape index (κ1) is 13.0. The SMILES string of the molecule is N/N=C\N(N)c1ccc(Cl)cc1/C=C/C(N)=O. The molecule has 1 amide bonds. The van der Waals surface area contributed by atoms with Crippen LogP contribution in [0.1, 0.15) is 5.56 Å². The summed E-state index contributed by atoms with van der Waals surface area (Å²) in [4.78, 5) is 10.7. The number of halogens is 1. The van der Waals surface area contributed by atoms with E-state index in [1.54, 1.807) is 18.2 Å². The lowest BCUT2D eigenvalue weighted by Gasteiger charge is -2.15. The van der Waals surface area contributed by atoms with Crippen molar-refractivity contribution in [1.29, 1.82) is 0 Å². The minimum absolute atomic E-state index is 0.510. The van der Waals surface area contributed by atoms with Crippen molar-refractivity contribution in [3.63, 3.8) is 0 Å². The highest BCUT2D eigenvalue weighted by molar-refractivity contribution is 6.30. The molecule has 1 rings (SSSR count). The van der Waals surface area contributed by atoms with Gasteiger partial charge in [0.05, 0.1) is 5.69 Å². The first-order valence-electron chi connectivity index (χ1n) is 4.59. The van der Waals surface area contributed by atoms with E-state index >= 15 is 0 Å². The maximum absolute atomic E-state index is 10.7. The lowest BCUT2D eigenvalue weighted by Crippen LogP contribution is -2.30. The fourth-order valence-electron chi connectivity index (χ4n) is 1.20. The van der Waals surface area contributed by atoms with E-state index < -0.39 is 5.91 Å². The highest BCUT2D eigenvalue weighted by Gasteiger charge is 2.05. The van der Waals surface area contributed by atoms with Crippen LogP contribution < -0.4 is 22.4 Å². The summed E-state index contributed by atoms with van der Waals surface area (Å²) in [5.41, 5.74) is 6.22. The number of hydrazine groups is 1. The van der Waals surface area contributed by atoms with E-state index in [0.29, 0.717) is 16.3 Å². The van der Waals surface area contributed by atoms with Crippen molar-refractivity contribution in [2.24, 2.45) is 22.5 Å². The minimum atomic E-state index is -0.563. The highest BCUT2D eigenvalue weighted by Crippen LogP contribution is 2.23. The Morgan fingerprint density at radius 1 is 1.47 bits per heavy atom. The number of primary amides is 1. The number of benzene rings is 1. The predicted molar refractivity (Wildman–Crippen MR) is 69.0 cm³/mol. The van der Waals surface area contributed by atoms with E-state index in [1.165, 1.54) is 23.5 Å². The zero-order valence-electron chi connectivity index (χ0n) is 8.88. The molecule has 17 heavy (non-hydrogen) atoms. The van der Waals surface area contributed by atoms with Gasteiger partial charge in [-0.2, -0.15) is 5.10 Å². The van der Waals surface area contributed by atoms with Gasteiger partial charge >= 0.3 is 0 Å². The molecule has 0 spiro atoms. The van der Waals surface area contributed by atoms with Gasteiger partial charge in [0.1, 0.15) is 6.34 Å². The molecule has 0 aromatic heterocycles. The lowest BCUT2D eigenvalue weighted by molar-refractivity contribution is -0.113. The third-order valence-corrected chi connectivity index (χ3v) is 2.12. The fraction of sp³-hybridized carbons (Fsp3) is 0. The maximum Gasteiger partial charge on any atom is 0.241 e. The van der Waals surface area contributed by atoms with Crippen LogP contribution in [0.3, 0.4) is 0 Å². The van der Waals surface area contributed by atoms with Crippen molar-refractivity contribution in [2.75, 3.05) is 5.01 Å². The maximum atomic E-state index is 10.7. The molecule has 0 atom stereocenters. The van der Waals surface area contributed by atoms with Gasteiger partial charge in [-0.15, -0.1) is 0 Å². The second kappa shape index (κ2) is 5.88. The molecular formula is C10H12ClN5O. The fourth-order valence-corrected chi connectivity index (χ4v) is 1.38. The zero-order chi connectivity index (χ0) is 12.8. The topological polar surface area (TPSA) is 111 Å². The van der Waals surface area contributed by atoms with Crippen molar-refractivity contribution < 1.29 is 4.79 Å². The van der Waals surface area contributed by atoms with Gasteiger partial charge in [-0.05, 0) is 24.3 Å². The van der Waals surface area contributed by atoms with Crippen molar-refractivity contribution in [3.05, 3.63) is 34.9 Å². The smallest absolute Gasteiger partial charge is 0.241 e. The Kier molecular flexibility index (Phi) is 4.50. The van der Waals surface area contributed by atoms with Crippen LogP contribution in [0.25, 0.3) is 6.08 Å². The number of hydrogen-bond donors (Lipinski definition) is 3. The number of hydrazone groups is 1. The number of rotatable bonds is 4. The molecule has 1 aromatic rings. The van der Waals surface area contributed by atoms with E-state index in [4.69, 9.17) is 29.0 Å². The second-order valence-corrected chi connectivity index (χ2v) is 3.55. The van der Waals surface area contributed by atoms with Crippen molar-refractivity contribution in [3.8, 4) is 0 Å². The van der Waals surface area contributed by atoms with E-state index in [-0.39, 0.29) is 0 Å². The Hall–Kier alpha value is -2.05. The van der Waals surface area contributed by atoms with Gasteiger partial charge in [0.15, 0.2) is 0 Å². The van der Waals surface area contributed by atoms with Crippen LogP contribution in [0, 0.1) is 0 Å². The number of carbonyl (C=O) groups excluding carboxylic acids is 1. The summed E-state index contributed by atoms with van der Waals surface area (Å²) in [6, 6.07) is 4.97. The molecule has 0 bridgehead atoms. The van der Waals surface area contributed by atoms with Crippen molar-refractivity contribution in [2.45, 2.75) is 0 Å². The first-order valence-corrected chi connectivity index (χ1v) is 4.96. The van der Waals surface area contributed by atoms with E-state index in [1.807, 2.05) is 0 Å². The van der Waals surface area contributed by atoms with Crippen LogP contribution in [0.2, 0.25) is 5.02 Å². The molecule has 6 N–H and O–H groups in total. The summed E-state index contributed by atoms with van der Waals surface area (Å²) in [5.74, 6) is 10.1. The zero-order valence-corrected chi connectivity index (χ0v) is 9.63. The van der Waals surface area contributed by atoms with Crippen molar-refractivity contribution in [1.82, 2.24) is 0 Å². The molecule has 1 aromatic carbocycles. The van der Waals surface area contributed by atoms with Gasteiger partial charge in [-0.25, -0.2) is 5.84 Å². The minimum Gasteiger partial charge on any atom is -0.366 e. The van der Waals surface area contributed by atoms with Gasteiger partial charge in [0.25, 0.3) is 0 Å². The average Bonchev–Trinajstić information content (AvgIpc) is 2.26. The van der Waals surface area contributed by atoms with Gasteiger partial charge in [0.2, 0.25) is 5.91 Å². The molecule has 0 unspecified atom stereocenters. The molecule has 0 aliphatic heterocycles. The number of nitrogens with two attached hydrogens (primary N) is 3. The largest absolute Gasteiger partial charge is 0.366 e. The summed E-state index contributed by atoms with van der Waals surface area (Å²) < 4.78 is 0. The number of carbonyl (C=O) groups is 1. The Balaban J connectivity index is 3.16. The van der Waals surface area contributed by atoms with Gasteiger partial charge in [0, 0.05) is 16.7 Å². The number of hydrogen-bond acceptors (Lipinski definition) is 4. The molecule has 0 saturated carbocycles. The number of anilines is 1. The second-order valence-electron chi connectivity index (χ2n) is 3.11. The van der Waals surface area contributed by atoms with E-state index in [2.05, 4.69) is 5.10 Å². The number of nitrogens with zero attached hydrogens (tertiary/aromatic N) is 2. The Bertz CT molecular complexity index is 472. The molecule has 0 fully saturated rings. The third kappa shape index (κ3) is 3.78. The Labute approximate surface area is 103 Å². The molecular weight excluding hydrogens is 242 g/mol. The molecule has 0 heterocycles. The molecule has 0 saturated heterocycles. The summed E-state index contributed by atoms with van der Waals surface area (Å²) in [6.07, 6.45) is 3.95. The molecule has 7 heteroatoms. The monoisotopic (exact) mass is 253 g/mol. The standard InChI is InChI=1S/C10H12ClN5O/c11-8-2-3-9(16(14)6-15-13)7(5-8)1-4-10(12)17/h1-6H,13-14H2,(H2,12,17)/b4-1+,15-6-. The molecule has 0 aliphatic carbocycles.